The number of nitrogens with zero attached hydrogens (tertiary/aromatic N) is 1. The number of urea groups is 1. The van der Waals surface area contributed by atoms with Gasteiger partial charge in [-0.2, -0.15) is 0 Å². The summed E-state index contributed by atoms with van der Waals surface area (Å²) >= 11 is 0. The highest BCUT2D eigenvalue weighted by atomic mass is 16.2. The fourth-order valence-corrected chi connectivity index (χ4v) is 2.76. The lowest BCUT2D eigenvalue weighted by Gasteiger charge is -2.29. The van der Waals surface area contributed by atoms with Crippen LogP contribution in [0.25, 0.3) is 0 Å². The summed E-state index contributed by atoms with van der Waals surface area (Å²) < 4.78 is 0. The molecule has 18 heavy (non-hydrogen) atoms. The zero-order valence-electron chi connectivity index (χ0n) is 11.4. The largest absolute Gasteiger partial charge is 0.329 e. The minimum absolute atomic E-state index is 0.0343. The minimum atomic E-state index is -0.286. The second kappa shape index (κ2) is 5.69. The van der Waals surface area contributed by atoms with Crippen molar-refractivity contribution in [3.63, 3.8) is 0 Å². The predicted molar refractivity (Wildman–Crippen MR) is 68.0 cm³/mol. The van der Waals surface area contributed by atoms with Crippen LogP contribution >= 0.6 is 0 Å². The lowest BCUT2D eigenvalue weighted by atomic mass is 10.00. The number of carbonyl (C=O) groups is 2. The van der Waals surface area contributed by atoms with E-state index in [1.807, 2.05) is 6.92 Å². The Labute approximate surface area is 108 Å². The number of quaternary nitrogens is 1. The third-order valence-electron chi connectivity index (χ3n) is 4.05. The van der Waals surface area contributed by atoms with Gasteiger partial charge in [0.25, 0.3) is 5.91 Å². The summed E-state index contributed by atoms with van der Waals surface area (Å²) in [7, 11) is 0. The maximum Gasteiger partial charge on any atom is 0.329 e. The predicted octanol–water partition coefficient (Wildman–Crippen LogP) is -0.0208. The lowest BCUT2D eigenvalue weighted by Crippen LogP contribution is -3.14. The van der Waals surface area contributed by atoms with Crippen molar-refractivity contribution in [2.24, 2.45) is 5.92 Å². The van der Waals surface area contributed by atoms with Gasteiger partial charge in [0.1, 0.15) is 6.04 Å². The van der Waals surface area contributed by atoms with Gasteiger partial charge < -0.3 is 10.2 Å². The van der Waals surface area contributed by atoms with E-state index in [-0.39, 0.29) is 18.0 Å². The van der Waals surface area contributed by atoms with Crippen molar-refractivity contribution in [2.75, 3.05) is 19.8 Å². The molecule has 2 saturated heterocycles. The van der Waals surface area contributed by atoms with Crippen molar-refractivity contribution < 1.29 is 14.5 Å². The molecule has 2 aliphatic rings. The van der Waals surface area contributed by atoms with Crippen LogP contribution < -0.4 is 10.2 Å². The molecular formula is C13H24N3O2+. The first-order valence-electron chi connectivity index (χ1n) is 7.07. The van der Waals surface area contributed by atoms with Gasteiger partial charge >= 0.3 is 6.03 Å². The highest BCUT2D eigenvalue weighted by Gasteiger charge is 2.39. The Morgan fingerprint density at radius 1 is 1.33 bits per heavy atom. The molecule has 0 aromatic carbocycles. The molecule has 0 radical (unpaired) electrons. The van der Waals surface area contributed by atoms with Crippen molar-refractivity contribution >= 4 is 11.9 Å². The number of hydrogen-bond acceptors (Lipinski definition) is 2. The van der Waals surface area contributed by atoms with Crippen LogP contribution in [-0.2, 0) is 4.79 Å². The Balaban J connectivity index is 1.89. The molecule has 3 amide bonds. The Morgan fingerprint density at radius 3 is 2.61 bits per heavy atom. The van der Waals surface area contributed by atoms with Gasteiger partial charge in [0.05, 0.1) is 13.1 Å². The van der Waals surface area contributed by atoms with Crippen molar-refractivity contribution in [2.45, 2.75) is 45.6 Å². The van der Waals surface area contributed by atoms with Gasteiger partial charge in [-0.3, -0.25) is 4.79 Å². The molecule has 102 valence electrons. The molecule has 2 heterocycles. The van der Waals surface area contributed by atoms with Gasteiger partial charge in [-0.15, -0.1) is 0 Å². The van der Waals surface area contributed by atoms with Crippen molar-refractivity contribution in [3.8, 4) is 0 Å². The standard InChI is InChI=1S/C13H23N3O2/c1-3-4-11-12(17)16(13(18)14-11)9-15-7-5-10(2)6-8-15/h10-11H,3-9H2,1-2H3,(H,14,18)/p+1/t11-/m0/s1. The SMILES string of the molecule is CCC[C@@H]1NC(=O)N(C[NH+]2CCC(C)CC2)C1=O. The molecule has 5 nitrogen and oxygen atoms in total. The first kappa shape index (κ1) is 13.3. The molecule has 0 saturated carbocycles. The number of nitrogens with one attached hydrogen (secondary N) is 2. The third-order valence-corrected chi connectivity index (χ3v) is 4.05. The summed E-state index contributed by atoms with van der Waals surface area (Å²) in [6.07, 6.45) is 4.04. The quantitative estimate of drug-likeness (QED) is 0.693. The zero-order valence-corrected chi connectivity index (χ0v) is 11.4. The van der Waals surface area contributed by atoms with Gasteiger partial charge in [0.2, 0.25) is 0 Å². The Hall–Kier alpha value is -1.10. The molecule has 1 atom stereocenters. The van der Waals surface area contributed by atoms with E-state index in [0.717, 1.165) is 31.8 Å². The molecular weight excluding hydrogens is 230 g/mol. The second-order valence-electron chi connectivity index (χ2n) is 5.65. The summed E-state index contributed by atoms with van der Waals surface area (Å²) in [5.74, 6) is 0.748. The maximum absolute atomic E-state index is 12.1. The first-order valence-corrected chi connectivity index (χ1v) is 7.07. The normalized spacial score (nSPS) is 32.8. The number of hydrogen-bond donors (Lipinski definition) is 2. The first-order chi connectivity index (χ1) is 8.61. The van der Waals surface area contributed by atoms with Crippen molar-refractivity contribution in [1.82, 2.24) is 10.2 Å². The third kappa shape index (κ3) is 2.83. The van der Waals surface area contributed by atoms with E-state index in [9.17, 15) is 9.59 Å². The molecule has 0 unspecified atom stereocenters. The second-order valence-corrected chi connectivity index (χ2v) is 5.65. The summed E-state index contributed by atoms with van der Waals surface area (Å²) in [4.78, 5) is 26.6. The molecule has 0 bridgehead atoms. The van der Waals surface area contributed by atoms with Gasteiger partial charge in [-0.05, 0) is 25.2 Å². The van der Waals surface area contributed by atoms with Crippen LogP contribution in [0.15, 0.2) is 0 Å². The van der Waals surface area contributed by atoms with E-state index in [0.29, 0.717) is 6.67 Å². The number of rotatable bonds is 4. The zero-order chi connectivity index (χ0) is 13.1. The van der Waals surface area contributed by atoms with Crippen LogP contribution in [0.5, 0.6) is 0 Å². The van der Waals surface area contributed by atoms with E-state index in [2.05, 4.69) is 12.2 Å². The highest BCUT2D eigenvalue weighted by molar-refractivity contribution is 6.03. The molecule has 0 spiro atoms. The van der Waals surface area contributed by atoms with Crippen LogP contribution in [0.4, 0.5) is 4.79 Å². The highest BCUT2D eigenvalue weighted by Crippen LogP contribution is 2.10. The van der Waals surface area contributed by atoms with Crippen LogP contribution in [0.3, 0.4) is 0 Å². The number of imide groups is 1. The van der Waals surface area contributed by atoms with Crippen LogP contribution in [-0.4, -0.2) is 42.6 Å². The van der Waals surface area contributed by atoms with Crippen LogP contribution in [0, 0.1) is 5.92 Å². The van der Waals surface area contributed by atoms with Crippen molar-refractivity contribution in [3.05, 3.63) is 0 Å². The molecule has 2 fully saturated rings. The van der Waals surface area contributed by atoms with Crippen LogP contribution in [0.1, 0.15) is 39.5 Å². The van der Waals surface area contributed by atoms with E-state index >= 15 is 0 Å². The summed E-state index contributed by atoms with van der Waals surface area (Å²) in [6.45, 7) is 6.96. The molecule has 0 aliphatic carbocycles. The van der Waals surface area contributed by atoms with Crippen molar-refractivity contribution in [1.29, 1.82) is 0 Å². The molecule has 2 aliphatic heterocycles. The van der Waals surface area contributed by atoms with E-state index in [4.69, 9.17) is 0 Å². The van der Waals surface area contributed by atoms with E-state index in [1.54, 1.807) is 0 Å². The fourth-order valence-electron chi connectivity index (χ4n) is 2.76. The Bertz CT molecular complexity index is 324. The fraction of sp³-hybridized carbons (Fsp3) is 0.846. The summed E-state index contributed by atoms with van der Waals surface area (Å²) in [5.41, 5.74) is 0. The average Bonchev–Trinajstić information content (AvgIpc) is 2.60. The van der Waals surface area contributed by atoms with Gasteiger partial charge in [-0.25, -0.2) is 9.69 Å². The number of likely N-dealkylation sites (tertiary alicyclic amines) is 1. The summed E-state index contributed by atoms with van der Waals surface area (Å²) in [6, 6.07) is -0.491. The summed E-state index contributed by atoms with van der Waals surface area (Å²) in [5, 5.41) is 2.78. The topological polar surface area (TPSA) is 53.9 Å². The molecule has 0 aromatic rings. The molecule has 2 N–H and O–H groups in total. The smallest absolute Gasteiger partial charge is 0.326 e. The minimum Gasteiger partial charge on any atom is -0.326 e. The molecule has 5 heteroatoms. The lowest BCUT2D eigenvalue weighted by molar-refractivity contribution is -0.913. The van der Waals surface area contributed by atoms with E-state index < -0.39 is 0 Å². The Kier molecular flexibility index (Phi) is 4.22. The average molecular weight is 254 g/mol. The monoisotopic (exact) mass is 254 g/mol. The van der Waals surface area contributed by atoms with Gasteiger partial charge in [0, 0.05) is 0 Å². The number of carbonyl (C=O) groups excluding carboxylic acids is 2. The Morgan fingerprint density at radius 2 is 2.00 bits per heavy atom. The molecule has 2 rings (SSSR count). The number of piperidine rings is 1. The number of amides is 3. The van der Waals surface area contributed by atoms with E-state index in [1.165, 1.54) is 22.6 Å². The maximum atomic E-state index is 12.1. The van der Waals surface area contributed by atoms with Crippen LogP contribution in [0.2, 0.25) is 0 Å². The molecule has 0 aromatic heterocycles. The van der Waals surface area contributed by atoms with Gasteiger partial charge in [0.15, 0.2) is 6.67 Å². The van der Waals surface area contributed by atoms with Gasteiger partial charge in [-0.1, -0.05) is 20.3 Å².